The highest BCUT2D eigenvalue weighted by Crippen LogP contribution is 2.27. The number of carbonyl (C=O) groups is 3. The first-order chi connectivity index (χ1) is 14.5. The fourth-order valence-corrected chi connectivity index (χ4v) is 3.56. The van der Waals surface area contributed by atoms with Crippen LogP contribution in [0.2, 0.25) is 0 Å². The number of terminal acetylenes is 1. The molecule has 7 heteroatoms. The molecule has 0 saturated carbocycles. The summed E-state index contributed by atoms with van der Waals surface area (Å²) in [7, 11) is 0. The van der Waals surface area contributed by atoms with Crippen molar-refractivity contribution < 1.29 is 23.9 Å². The van der Waals surface area contributed by atoms with E-state index in [1.165, 1.54) is 4.90 Å². The summed E-state index contributed by atoms with van der Waals surface area (Å²) in [4.78, 5) is 39.4. The van der Waals surface area contributed by atoms with E-state index in [2.05, 4.69) is 18.2 Å². The third-order valence-electron chi connectivity index (χ3n) is 5.26. The molecule has 3 atom stereocenters. The molecular formula is C23H30N2O5. The van der Waals surface area contributed by atoms with E-state index in [1.807, 2.05) is 30.3 Å². The number of amides is 2. The highest BCUT2D eigenvalue weighted by Gasteiger charge is 2.39. The van der Waals surface area contributed by atoms with Gasteiger partial charge in [-0.15, -0.1) is 12.3 Å². The first-order valence-corrected chi connectivity index (χ1v) is 10.4. The second kappa shape index (κ2) is 11.9. The SMILES string of the molecule is C#CCC(NC(=O)OCc1ccccc1)C(=O)N1CCC(CC)CC1C(=O)OCC. The first kappa shape index (κ1) is 23.3. The Hall–Kier alpha value is -3.01. The minimum Gasteiger partial charge on any atom is -0.464 e. The summed E-state index contributed by atoms with van der Waals surface area (Å²) >= 11 is 0. The third kappa shape index (κ3) is 6.51. The van der Waals surface area contributed by atoms with Gasteiger partial charge in [0, 0.05) is 13.0 Å². The molecule has 1 saturated heterocycles. The van der Waals surface area contributed by atoms with Gasteiger partial charge in [-0.05, 0) is 31.2 Å². The van der Waals surface area contributed by atoms with Crippen LogP contribution >= 0.6 is 0 Å². The van der Waals surface area contributed by atoms with E-state index in [4.69, 9.17) is 15.9 Å². The Kier molecular flexibility index (Phi) is 9.20. The van der Waals surface area contributed by atoms with Gasteiger partial charge in [0.15, 0.2) is 0 Å². The zero-order chi connectivity index (χ0) is 21.9. The van der Waals surface area contributed by atoms with Crippen LogP contribution in [0.3, 0.4) is 0 Å². The summed E-state index contributed by atoms with van der Waals surface area (Å²) in [6, 6.07) is 7.59. The Morgan fingerprint density at radius 1 is 1.23 bits per heavy atom. The molecule has 7 nitrogen and oxygen atoms in total. The molecule has 0 bridgehead atoms. The summed E-state index contributed by atoms with van der Waals surface area (Å²) < 4.78 is 10.4. The van der Waals surface area contributed by atoms with Gasteiger partial charge < -0.3 is 19.7 Å². The predicted octanol–water partition coefficient (Wildman–Crippen LogP) is 2.89. The minimum absolute atomic E-state index is 0.00250. The number of ether oxygens (including phenoxy) is 2. The summed E-state index contributed by atoms with van der Waals surface area (Å²) in [5.41, 5.74) is 0.830. The van der Waals surface area contributed by atoms with Gasteiger partial charge in [-0.25, -0.2) is 9.59 Å². The molecule has 1 N–H and O–H groups in total. The van der Waals surface area contributed by atoms with E-state index in [9.17, 15) is 14.4 Å². The molecule has 30 heavy (non-hydrogen) atoms. The Morgan fingerprint density at radius 2 is 1.97 bits per heavy atom. The van der Waals surface area contributed by atoms with Gasteiger partial charge in [-0.3, -0.25) is 4.79 Å². The number of rotatable bonds is 8. The molecular weight excluding hydrogens is 384 g/mol. The van der Waals surface area contributed by atoms with Gasteiger partial charge in [-0.2, -0.15) is 0 Å². The Balaban J connectivity index is 2.05. The monoisotopic (exact) mass is 414 g/mol. The van der Waals surface area contributed by atoms with Crippen molar-refractivity contribution in [2.75, 3.05) is 13.2 Å². The maximum Gasteiger partial charge on any atom is 0.408 e. The van der Waals surface area contributed by atoms with Crippen LogP contribution in [0.4, 0.5) is 4.79 Å². The van der Waals surface area contributed by atoms with Crippen molar-refractivity contribution in [2.24, 2.45) is 5.92 Å². The van der Waals surface area contributed by atoms with Crippen LogP contribution < -0.4 is 5.32 Å². The van der Waals surface area contributed by atoms with Crippen molar-refractivity contribution in [2.45, 2.75) is 58.2 Å². The number of carbonyl (C=O) groups excluding carboxylic acids is 3. The molecule has 1 fully saturated rings. The average molecular weight is 415 g/mol. The fraction of sp³-hybridized carbons (Fsp3) is 0.522. The highest BCUT2D eigenvalue weighted by molar-refractivity contribution is 5.90. The second-order valence-corrected chi connectivity index (χ2v) is 7.27. The van der Waals surface area contributed by atoms with Crippen molar-refractivity contribution in [1.82, 2.24) is 10.2 Å². The van der Waals surface area contributed by atoms with E-state index < -0.39 is 30.1 Å². The van der Waals surface area contributed by atoms with E-state index in [0.29, 0.717) is 18.9 Å². The minimum atomic E-state index is -0.964. The maximum atomic E-state index is 13.2. The zero-order valence-electron chi connectivity index (χ0n) is 17.6. The number of nitrogens with one attached hydrogen (secondary N) is 1. The Labute approximate surface area is 178 Å². The van der Waals surface area contributed by atoms with Gasteiger partial charge >= 0.3 is 12.1 Å². The summed E-state index contributed by atoms with van der Waals surface area (Å²) in [5, 5.41) is 2.55. The Morgan fingerprint density at radius 3 is 2.60 bits per heavy atom. The molecule has 0 radical (unpaired) electrons. The quantitative estimate of drug-likeness (QED) is 0.522. The normalized spacial score (nSPS) is 19.3. The van der Waals surface area contributed by atoms with Crippen molar-refractivity contribution in [3.63, 3.8) is 0 Å². The summed E-state index contributed by atoms with van der Waals surface area (Å²) in [6.45, 7) is 4.54. The van der Waals surface area contributed by atoms with Crippen molar-refractivity contribution in [3.8, 4) is 12.3 Å². The van der Waals surface area contributed by atoms with Crippen molar-refractivity contribution >= 4 is 18.0 Å². The Bertz CT molecular complexity index is 759. The second-order valence-electron chi connectivity index (χ2n) is 7.27. The van der Waals surface area contributed by atoms with Crippen LogP contribution in [-0.2, 0) is 25.7 Å². The van der Waals surface area contributed by atoms with Gasteiger partial charge in [0.2, 0.25) is 5.91 Å². The lowest BCUT2D eigenvalue weighted by atomic mass is 9.88. The molecule has 1 aliphatic heterocycles. The first-order valence-electron chi connectivity index (χ1n) is 10.4. The average Bonchev–Trinajstić information content (AvgIpc) is 2.77. The van der Waals surface area contributed by atoms with Gasteiger partial charge in [-0.1, -0.05) is 43.7 Å². The highest BCUT2D eigenvalue weighted by atomic mass is 16.5. The van der Waals surface area contributed by atoms with Crippen LogP contribution in [0.15, 0.2) is 30.3 Å². The molecule has 2 rings (SSSR count). The molecule has 162 valence electrons. The van der Waals surface area contributed by atoms with Crippen LogP contribution in [-0.4, -0.2) is 48.1 Å². The summed E-state index contributed by atoms with van der Waals surface area (Å²) in [6.07, 6.45) is 6.95. The molecule has 1 aliphatic rings. The lowest BCUT2D eigenvalue weighted by Gasteiger charge is -2.39. The van der Waals surface area contributed by atoms with Crippen molar-refractivity contribution in [1.29, 1.82) is 0 Å². The number of hydrogen-bond acceptors (Lipinski definition) is 5. The molecule has 1 heterocycles. The van der Waals surface area contributed by atoms with E-state index in [-0.39, 0.29) is 19.6 Å². The van der Waals surface area contributed by atoms with Gasteiger partial charge in [0.25, 0.3) is 0 Å². The molecule has 2 amide bonds. The zero-order valence-corrected chi connectivity index (χ0v) is 17.6. The van der Waals surface area contributed by atoms with Gasteiger partial charge in [0.1, 0.15) is 18.7 Å². The number of piperidine rings is 1. The van der Waals surface area contributed by atoms with Crippen LogP contribution in [0.1, 0.15) is 45.1 Å². The lowest BCUT2D eigenvalue weighted by molar-refractivity contribution is -0.158. The van der Waals surface area contributed by atoms with Crippen molar-refractivity contribution in [3.05, 3.63) is 35.9 Å². The van der Waals surface area contributed by atoms with Crippen LogP contribution in [0, 0.1) is 18.3 Å². The van der Waals surface area contributed by atoms with Gasteiger partial charge in [0.05, 0.1) is 6.61 Å². The molecule has 1 aromatic rings. The largest absolute Gasteiger partial charge is 0.464 e. The van der Waals surface area contributed by atoms with E-state index >= 15 is 0 Å². The molecule has 0 aromatic heterocycles. The standard InChI is InChI=1S/C23H30N2O5/c1-4-10-19(24-23(28)30-16-18-11-8-7-9-12-18)21(26)25-14-13-17(5-2)15-20(25)22(27)29-6-3/h1,7-9,11-12,17,19-20H,5-6,10,13-16H2,2-3H3,(H,24,28). The number of likely N-dealkylation sites (tertiary alicyclic amines) is 1. The molecule has 0 aliphatic carbocycles. The number of nitrogens with zero attached hydrogens (tertiary/aromatic N) is 1. The van der Waals surface area contributed by atoms with Crippen LogP contribution in [0.25, 0.3) is 0 Å². The number of benzene rings is 1. The third-order valence-corrected chi connectivity index (χ3v) is 5.26. The topological polar surface area (TPSA) is 84.9 Å². The number of esters is 1. The number of hydrogen-bond donors (Lipinski definition) is 1. The number of alkyl carbamates (subject to hydrolysis) is 1. The van der Waals surface area contributed by atoms with Crippen LogP contribution in [0.5, 0.6) is 0 Å². The molecule has 0 spiro atoms. The maximum absolute atomic E-state index is 13.2. The molecule has 1 aromatic carbocycles. The van der Waals surface area contributed by atoms with E-state index in [0.717, 1.165) is 18.4 Å². The predicted molar refractivity (Wildman–Crippen MR) is 112 cm³/mol. The fourth-order valence-electron chi connectivity index (χ4n) is 3.56. The molecule has 3 unspecified atom stereocenters. The lowest BCUT2D eigenvalue weighted by Crippen LogP contribution is -2.56. The van der Waals surface area contributed by atoms with E-state index in [1.54, 1.807) is 6.92 Å². The summed E-state index contributed by atoms with van der Waals surface area (Å²) in [5.74, 6) is 1.96. The smallest absolute Gasteiger partial charge is 0.408 e.